The second-order valence-electron chi connectivity index (χ2n) is 7.58. The number of nitrogens with one attached hydrogen (secondary N) is 2. The fourth-order valence-electron chi connectivity index (χ4n) is 3.14. The van der Waals surface area contributed by atoms with E-state index in [1.165, 1.54) is 19.4 Å². The minimum Gasteiger partial charge on any atom is -0.493 e. The number of rotatable bonds is 10. The second kappa shape index (κ2) is 12.4. The third-order valence-electron chi connectivity index (χ3n) is 4.97. The number of amides is 2. The van der Waals surface area contributed by atoms with Gasteiger partial charge in [-0.05, 0) is 42.0 Å². The fraction of sp³-hybridized carbons (Fsp3) is 0.115. The average Bonchev–Trinajstić information content (AvgIpc) is 3.35. The number of methoxy groups -OCH3 is 1. The molecule has 1 heterocycles. The van der Waals surface area contributed by atoms with Crippen molar-refractivity contribution in [2.45, 2.75) is 13.0 Å². The normalized spacial score (nSPS) is 10.8. The SMILES string of the molecule is COc1cc(/C=N/NC(=O)Cc2nnc(NC(=O)c3ccccc3)s2)ccc1OCc1ccccc1F. The van der Waals surface area contributed by atoms with E-state index in [-0.39, 0.29) is 24.8 Å². The van der Waals surface area contributed by atoms with E-state index in [1.807, 2.05) is 6.07 Å². The second-order valence-corrected chi connectivity index (χ2v) is 8.64. The Morgan fingerprint density at radius 1 is 1.03 bits per heavy atom. The van der Waals surface area contributed by atoms with Gasteiger partial charge in [0, 0.05) is 11.1 Å². The van der Waals surface area contributed by atoms with Crippen LogP contribution in [0.4, 0.5) is 9.52 Å². The molecule has 3 aromatic carbocycles. The number of hydrogen-bond donors (Lipinski definition) is 2. The lowest BCUT2D eigenvalue weighted by Gasteiger charge is -2.11. The average molecular weight is 520 g/mol. The van der Waals surface area contributed by atoms with Crippen molar-refractivity contribution < 1.29 is 23.5 Å². The van der Waals surface area contributed by atoms with E-state index >= 15 is 0 Å². The molecule has 0 fully saturated rings. The van der Waals surface area contributed by atoms with Crippen molar-refractivity contribution in [1.82, 2.24) is 15.6 Å². The van der Waals surface area contributed by atoms with E-state index < -0.39 is 5.91 Å². The minimum atomic E-state index is -0.398. The quantitative estimate of drug-likeness (QED) is 0.240. The number of carbonyl (C=O) groups excluding carboxylic acids is 2. The van der Waals surface area contributed by atoms with Crippen LogP contribution >= 0.6 is 11.3 Å². The largest absolute Gasteiger partial charge is 0.493 e. The van der Waals surface area contributed by atoms with Gasteiger partial charge in [-0.2, -0.15) is 5.10 Å². The van der Waals surface area contributed by atoms with Crippen LogP contribution < -0.4 is 20.2 Å². The van der Waals surface area contributed by atoms with Gasteiger partial charge in [0.2, 0.25) is 11.0 Å². The van der Waals surface area contributed by atoms with Gasteiger partial charge in [-0.25, -0.2) is 9.82 Å². The monoisotopic (exact) mass is 519 g/mol. The van der Waals surface area contributed by atoms with E-state index in [1.54, 1.807) is 60.7 Å². The molecule has 2 N–H and O–H groups in total. The zero-order chi connectivity index (χ0) is 26.0. The number of nitrogens with zero attached hydrogens (tertiary/aromatic N) is 3. The van der Waals surface area contributed by atoms with E-state index in [4.69, 9.17) is 9.47 Å². The Kier molecular flexibility index (Phi) is 8.50. The van der Waals surface area contributed by atoms with Gasteiger partial charge in [-0.15, -0.1) is 10.2 Å². The lowest BCUT2D eigenvalue weighted by Crippen LogP contribution is -2.19. The predicted octanol–water partition coefficient (Wildman–Crippen LogP) is 4.21. The molecular formula is C26H22FN5O4S. The molecule has 2 amide bonds. The number of aromatic nitrogens is 2. The highest BCUT2D eigenvalue weighted by atomic mass is 32.1. The molecule has 0 aliphatic carbocycles. The number of halogens is 1. The number of carbonyl (C=O) groups is 2. The van der Waals surface area contributed by atoms with Crippen LogP contribution in [0.3, 0.4) is 0 Å². The highest BCUT2D eigenvalue weighted by Gasteiger charge is 2.12. The minimum absolute atomic E-state index is 0.0514. The van der Waals surface area contributed by atoms with Crippen molar-refractivity contribution in [3.63, 3.8) is 0 Å². The van der Waals surface area contributed by atoms with E-state index in [0.29, 0.717) is 38.3 Å². The Morgan fingerprint density at radius 2 is 1.81 bits per heavy atom. The van der Waals surface area contributed by atoms with Crippen LogP contribution in [0.5, 0.6) is 11.5 Å². The van der Waals surface area contributed by atoms with Crippen LogP contribution in [-0.2, 0) is 17.8 Å². The van der Waals surface area contributed by atoms with Crippen molar-refractivity contribution >= 4 is 34.5 Å². The maximum absolute atomic E-state index is 13.8. The van der Waals surface area contributed by atoms with Crippen molar-refractivity contribution in [2.75, 3.05) is 12.4 Å². The number of anilines is 1. The molecule has 0 atom stereocenters. The molecule has 0 unspecified atom stereocenters. The van der Waals surface area contributed by atoms with Gasteiger partial charge in [0.1, 0.15) is 17.4 Å². The van der Waals surface area contributed by atoms with Crippen molar-refractivity contribution in [2.24, 2.45) is 5.10 Å². The van der Waals surface area contributed by atoms with Crippen LogP contribution in [0.25, 0.3) is 0 Å². The lowest BCUT2D eigenvalue weighted by molar-refractivity contribution is -0.120. The molecule has 0 aliphatic rings. The van der Waals surface area contributed by atoms with Gasteiger partial charge in [-0.3, -0.25) is 14.9 Å². The predicted molar refractivity (Wildman–Crippen MR) is 137 cm³/mol. The van der Waals surface area contributed by atoms with Gasteiger partial charge in [-0.1, -0.05) is 47.7 Å². The highest BCUT2D eigenvalue weighted by Crippen LogP contribution is 2.28. The van der Waals surface area contributed by atoms with Gasteiger partial charge in [0.25, 0.3) is 5.91 Å². The van der Waals surface area contributed by atoms with Gasteiger partial charge in [0.15, 0.2) is 11.5 Å². The lowest BCUT2D eigenvalue weighted by atomic mass is 10.2. The van der Waals surface area contributed by atoms with E-state index in [0.717, 1.165) is 11.3 Å². The number of benzene rings is 3. The van der Waals surface area contributed by atoms with E-state index in [2.05, 4.69) is 26.0 Å². The first-order valence-electron chi connectivity index (χ1n) is 11.1. The van der Waals surface area contributed by atoms with Crippen LogP contribution in [0.15, 0.2) is 77.9 Å². The van der Waals surface area contributed by atoms with Crippen molar-refractivity contribution in [1.29, 1.82) is 0 Å². The molecule has 0 aliphatic heterocycles. The third-order valence-corrected chi connectivity index (χ3v) is 5.81. The summed E-state index contributed by atoms with van der Waals surface area (Å²) in [6, 6.07) is 20.2. The number of hydrogen-bond acceptors (Lipinski definition) is 8. The maximum atomic E-state index is 13.8. The molecule has 0 saturated carbocycles. The summed E-state index contributed by atoms with van der Waals surface area (Å²) in [5.74, 6) is -0.173. The first-order valence-corrected chi connectivity index (χ1v) is 11.9. The van der Waals surface area contributed by atoms with E-state index in [9.17, 15) is 14.0 Å². The summed E-state index contributed by atoms with van der Waals surface area (Å²) in [5.41, 5.74) is 4.00. The number of hydrazone groups is 1. The Balaban J connectivity index is 1.28. The Bertz CT molecular complexity index is 1410. The summed E-state index contributed by atoms with van der Waals surface area (Å²) in [6.07, 6.45) is 1.40. The number of ether oxygens (including phenoxy) is 2. The topological polar surface area (TPSA) is 115 Å². The summed E-state index contributed by atoms with van der Waals surface area (Å²) in [4.78, 5) is 24.4. The molecule has 4 rings (SSSR count). The fourth-order valence-corrected chi connectivity index (χ4v) is 3.88. The molecule has 1 aromatic heterocycles. The van der Waals surface area contributed by atoms with Crippen LogP contribution in [0.1, 0.15) is 26.5 Å². The zero-order valence-corrected chi connectivity index (χ0v) is 20.5. The summed E-state index contributed by atoms with van der Waals surface area (Å²) in [5, 5.41) is 15.2. The first-order chi connectivity index (χ1) is 18.0. The van der Waals surface area contributed by atoms with Crippen LogP contribution in [0, 0.1) is 5.82 Å². The zero-order valence-electron chi connectivity index (χ0n) is 19.7. The standard InChI is InChI=1S/C26H22FN5O4S/c1-35-22-13-17(11-12-21(22)36-16-19-9-5-6-10-20(19)27)15-28-30-23(33)14-24-31-32-26(37-24)29-25(34)18-7-3-2-4-8-18/h2-13,15H,14,16H2,1H3,(H,30,33)(H,29,32,34)/b28-15+. The molecular weight excluding hydrogens is 497 g/mol. The molecule has 4 aromatic rings. The molecule has 0 radical (unpaired) electrons. The Hall–Kier alpha value is -4.64. The summed E-state index contributed by atoms with van der Waals surface area (Å²) >= 11 is 1.10. The smallest absolute Gasteiger partial charge is 0.257 e. The molecule has 9 nitrogen and oxygen atoms in total. The molecule has 0 saturated heterocycles. The third kappa shape index (κ3) is 7.18. The van der Waals surface area contributed by atoms with Crippen molar-refractivity contribution in [3.8, 4) is 11.5 Å². The van der Waals surface area contributed by atoms with Crippen LogP contribution in [0.2, 0.25) is 0 Å². The highest BCUT2D eigenvalue weighted by molar-refractivity contribution is 7.15. The summed E-state index contributed by atoms with van der Waals surface area (Å²) in [7, 11) is 1.49. The first kappa shape index (κ1) is 25.5. The molecule has 0 spiro atoms. The molecule has 0 bridgehead atoms. The summed E-state index contributed by atoms with van der Waals surface area (Å²) < 4.78 is 24.9. The van der Waals surface area contributed by atoms with Crippen molar-refractivity contribution in [3.05, 3.63) is 100 Å². The molecule has 37 heavy (non-hydrogen) atoms. The Morgan fingerprint density at radius 3 is 2.59 bits per heavy atom. The van der Waals surface area contributed by atoms with Crippen LogP contribution in [-0.4, -0.2) is 35.3 Å². The molecule has 11 heteroatoms. The maximum Gasteiger partial charge on any atom is 0.257 e. The Labute approximate surface area is 216 Å². The van der Waals surface area contributed by atoms with Gasteiger partial charge < -0.3 is 9.47 Å². The van der Waals surface area contributed by atoms with Gasteiger partial charge in [0.05, 0.1) is 19.7 Å². The van der Waals surface area contributed by atoms with Gasteiger partial charge >= 0.3 is 0 Å². The summed E-state index contributed by atoms with van der Waals surface area (Å²) in [6.45, 7) is 0.0514. The molecule has 188 valence electrons.